The van der Waals surface area contributed by atoms with Gasteiger partial charge in [0.1, 0.15) is 22.0 Å². The first-order valence-corrected chi connectivity index (χ1v) is 26.5. The molecule has 1 spiro atoms. The van der Waals surface area contributed by atoms with E-state index in [2.05, 4.69) is 73.4 Å². The maximum absolute atomic E-state index is 14.0. The number of likely N-dealkylation sites (tertiary alicyclic amines) is 1. The van der Waals surface area contributed by atoms with Gasteiger partial charge in [0.25, 0.3) is 25.8 Å². The number of rotatable bonds is 15. The molecule has 0 bridgehead atoms. The largest absolute Gasteiger partial charge is 0.501 e. The number of carbonyl (C=O) groups excluding carboxylic acids is 1. The van der Waals surface area contributed by atoms with Crippen molar-refractivity contribution in [3.63, 3.8) is 0 Å². The lowest BCUT2D eigenvalue weighted by atomic mass is 9.59. The molecular formula is C49H59F3N8O6S2. The molecule has 1 saturated carbocycles. The average Bonchev–Trinajstić information content (AvgIpc) is 4.00. The normalized spacial score (nSPS) is 19.7. The summed E-state index contributed by atoms with van der Waals surface area (Å²) in [5.74, 6) is -0.365. The predicted octanol–water partition coefficient (Wildman–Crippen LogP) is 8.18. The Morgan fingerprint density at radius 2 is 1.71 bits per heavy atom. The van der Waals surface area contributed by atoms with E-state index >= 15 is 0 Å². The lowest BCUT2D eigenvalue weighted by molar-refractivity contribution is -0.0435. The van der Waals surface area contributed by atoms with Gasteiger partial charge in [0.2, 0.25) is 0 Å². The molecule has 0 radical (unpaired) electrons. The van der Waals surface area contributed by atoms with Crippen LogP contribution < -0.4 is 25.0 Å². The van der Waals surface area contributed by atoms with Crippen LogP contribution in [0.2, 0.25) is 0 Å². The maximum atomic E-state index is 14.0. The van der Waals surface area contributed by atoms with E-state index in [1.165, 1.54) is 36.2 Å². The molecule has 3 aromatic carbocycles. The van der Waals surface area contributed by atoms with Gasteiger partial charge in [0, 0.05) is 81.2 Å². The van der Waals surface area contributed by atoms with Crippen LogP contribution in [-0.2, 0) is 19.9 Å². The summed E-state index contributed by atoms with van der Waals surface area (Å²) in [6, 6.07) is 20.6. The second-order valence-electron chi connectivity index (χ2n) is 19.0. The Morgan fingerprint density at radius 3 is 2.46 bits per heavy atom. The minimum absolute atomic E-state index is 0.0262. The fourth-order valence-corrected chi connectivity index (χ4v) is 12.7. The van der Waals surface area contributed by atoms with Crippen molar-refractivity contribution >= 4 is 48.2 Å². The Kier molecular flexibility index (Phi) is 13.6. The summed E-state index contributed by atoms with van der Waals surface area (Å²) >= 11 is 0. The number of H-pyrrole nitrogens is 1. The number of alkyl halides is 3. The first kappa shape index (κ1) is 47.8. The predicted molar refractivity (Wildman–Crippen MR) is 255 cm³/mol. The summed E-state index contributed by atoms with van der Waals surface area (Å²) in [4.78, 5) is 26.5. The summed E-state index contributed by atoms with van der Waals surface area (Å²) < 4.78 is 104. The van der Waals surface area contributed by atoms with Gasteiger partial charge >= 0.3 is 5.51 Å². The van der Waals surface area contributed by atoms with Crippen molar-refractivity contribution < 1.29 is 39.5 Å². The summed E-state index contributed by atoms with van der Waals surface area (Å²) in [5.41, 5.74) is -1.79. The Bertz CT molecular complexity index is 2850. The van der Waals surface area contributed by atoms with Crippen molar-refractivity contribution in [3.05, 3.63) is 102 Å². The number of aromatic amines is 1. The molecule has 5 heterocycles. The van der Waals surface area contributed by atoms with Gasteiger partial charge in [0.05, 0.1) is 22.3 Å². The number of hydrogen-bond acceptors (Lipinski definition) is 12. The van der Waals surface area contributed by atoms with E-state index in [-0.39, 0.29) is 29.0 Å². The van der Waals surface area contributed by atoms with E-state index in [1.54, 1.807) is 30.5 Å². The zero-order chi connectivity index (χ0) is 47.8. The number of halogens is 3. The molecule has 3 saturated heterocycles. The van der Waals surface area contributed by atoms with E-state index in [0.29, 0.717) is 42.7 Å². The van der Waals surface area contributed by atoms with Crippen molar-refractivity contribution in [2.45, 2.75) is 92.1 Å². The lowest BCUT2D eigenvalue weighted by Gasteiger charge is -2.56. The number of piperazine rings is 1. The van der Waals surface area contributed by atoms with Crippen LogP contribution in [0.25, 0.3) is 11.0 Å². The Labute approximate surface area is 396 Å². The number of aromatic nitrogens is 2. The van der Waals surface area contributed by atoms with Gasteiger partial charge in [-0.3, -0.25) is 9.69 Å². The number of hydrogen-bond donors (Lipinski definition) is 4. The minimum Gasteiger partial charge on any atom is -0.455 e. The second-order valence-corrected chi connectivity index (χ2v) is 22.6. The average molecular weight is 977 g/mol. The number of nitrogens with zero attached hydrogens (tertiary/aromatic N) is 4. The molecule has 9 rings (SSSR count). The zero-order valence-corrected chi connectivity index (χ0v) is 40.0. The fourth-order valence-electron chi connectivity index (χ4n) is 10.7. The molecule has 68 heavy (non-hydrogen) atoms. The molecule has 364 valence electrons. The molecule has 14 nitrogen and oxygen atoms in total. The highest BCUT2D eigenvalue weighted by atomic mass is 32.2. The molecule has 4 fully saturated rings. The Hall–Kier alpha value is -5.21. The van der Waals surface area contributed by atoms with Crippen LogP contribution in [0.3, 0.4) is 0 Å². The van der Waals surface area contributed by atoms with Crippen LogP contribution >= 0.6 is 0 Å². The number of pyridine rings is 1. The maximum Gasteiger partial charge on any atom is 0.501 e. The summed E-state index contributed by atoms with van der Waals surface area (Å²) in [6.07, 6.45) is 10.3. The Morgan fingerprint density at radius 1 is 0.941 bits per heavy atom. The van der Waals surface area contributed by atoms with E-state index < -0.39 is 46.8 Å². The number of sulfonamides is 1. The third kappa shape index (κ3) is 9.95. The summed E-state index contributed by atoms with van der Waals surface area (Å²) in [5, 5.41) is 6.73. The minimum atomic E-state index is -6.02. The van der Waals surface area contributed by atoms with Gasteiger partial charge in [-0.25, -0.2) is 26.5 Å². The molecule has 1 amide bonds. The van der Waals surface area contributed by atoms with E-state index in [1.807, 2.05) is 4.72 Å². The second kappa shape index (κ2) is 19.3. The Balaban J connectivity index is 0.915. The first-order valence-electron chi connectivity index (χ1n) is 23.5. The highest BCUT2D eigenvalue weighted by Crippen LogP contribution is 2.54. The monoisotopic (exact) mass is 976 g/mol. The molecule has 1 unspecified atom stereocenters. The molecule has 1 atom stereocenters. The number of fused-ring (bicyclic) bond motifs is 1. The molecule has 1 aliphatic carbocycles. The van der Waals surface area contributed by atoms with Crippen molar-refractivity contribution in [2.24, 2.45) is 5.41 Å². The molecule has 2 aromatic heterocycles. The number of piperidine rings is 1. The van der Waals surface area contributed by atoms with Gasteiger partial charge < -0.3 is 30.2 Å². The van der Waals surface area contributed by atoms with E-state index in [9.17, 15) is 34.8 Å². The molecular weight excluding hydrogens is 918 g/mol. The van der Waals surface area contributed by atoms with Crippen molar-refractivity contribution in [3.8, 4) is 11.5 Å². The van der Waals surface area contributed by atoms with Crippen LogP contribution in [0.4, 0.5) is 24.5 Å². The van der Waals surface area contributed by atoms with Crippen LogP contribution in [-0.4, -0.2) is 113 Å². The lowest BCUT2D eigenvalue weighted by Crippen LogP contribution is -2.54. The first-order chi connectivity index (χ1) is 32.5. The fraction of sp³-hybridized carbons (Fsp3) is 0.469. The van der Waals surface area contributed by atoms with Crippen LogP contribution in [0.1, 0.15) is 92.2 Å². The number of carbonyl (C=O) groups is 1. The van der Waals surface area contributed by atoms with Gasteiger partial charge in [-0.1, -0.05) is 38.1 Å². The standard InChI is InChI=1S/C49H59F3N8O6S2/c1-33(2)39-7-3-4-8-40(39)43-9-5-22-60(43)36-30-48(31-36)15-23-59(24-16-48)35-10-12-41(44(28-35)66-37-27-34-14-18-55-46(34)56-32-37)47(61)57-68(64,65)38-11-13-42(45(29-38)67(62,63)49(50,51)52)54-17-6-21-58-25-19-53-20-26-58/h3-4,7-8,10-14,18,27-29,32-33,36,43,53-54H,5-6,9,15-17,19-26,30-31H2,1-2H3,(H,55,56)(H,57,61). The summed E-state index contributed by atoms with van der Waals surface area (Å²) in [7, 11) is -11.0. The van der Waals surface area contributed by atoms with E-state index in [4.69, 9.17) is 4.74 Å². The number of amides is 1. The smallest absolute Gasteiger partial charge is 0.455 e. The number of nitrogens with one attached hydrogen (secondary N) is 4. The quantitative estimate of drug-likeness (QED) is 0.0744. The van der Waals surface area contributed by atoms with Crippen LogP contribution in [0.15, 0.2) is 95.0 Å². The van der Waals surface area contributed by atoms with Crippen LogP contribution in [0.5, 0.6) is 11.5 Å². The topological polar surface area (TPSA) is 169 Å². The highest BCUT2D eigenvalue weighted by Gasteiger charge is 2.50. The molecule has 4 aliphatic rings. The molecule has 5 aromatic rings. The van der Waals surface area contributed by atoms with Gasteiger partial charge in [-0.2, -0.15) is 13.2 Å². The van der Waals surface area contributed by atoms with Gasteiger partial charge in [-0.05, 0) is 123 Å². The SMILES string of the molecule is CC(C)c1ccccc1C1CCCN1C1CC2(CCN(c3ccc(C(=O)NS(=O)(=O)c4ccc(NCCCN5CCNCC5)c(S(=O)(=O)C(F)(F)F)c4)c(Oc4cnc5[nH]ccc5c4)c3)CC2)C1. The zero-order valence-electron chi connectivity index (χ0n) is 38.3. The number of sulfone groups is 1. The van der Waals surface area contributed by atoms with Crippen molar-refractivity contribution in [1.82, 2.24) is 29.8 Å². The van der Waals surface area contributed by atoms with Crippen molar-refractivity contribution in [2.75, 3.05) is 69.1 Å². The third-order valence-corrected chi connectivity index (χ3v) is 17.2. The highest BCUT2D eigenvalue weighted by molar-refractivity contribution is 7.92. The van der Waals surface area contributed by atoms with E-state index in [0.717, 1.165) is 94.7 Å². The number of anilines is 2. The summed E-state index contributed by atoms with van der Waals surface area (Å²) in [6.45, 7) is 11.2. The number of ether oxygens (including phenoxy) is 1. The molecule has 19 heteroatoms. The molecule has 3 aliphatic heterocycles. The third-order valence-electron chi connectivity index (χ3n) is 14.3. The molecule has 4 N–H and O–H groups in total. The van der Waals surface area contributed by atoms with Gasteiger partial charge in [-0.15, -0.1) is 0 Å². The number of benzene rings is 3. The van der Waals surface area contributed by atoms with Crippen molar-refractivity contribution in [1.29, 1.82) is 0 Å². The van der Waals surface area contributed by atoms with Crippen LogP contribution in [0, 0.1) is 5.41 Å². The van der Waals surface area contributed by atoms with Gasteiger partial charge in [0.15, 0.2) is 0 Å².